The molecule has 0 radical (unpaired) electrons. The fourth-order valence-electron chi connectivity index (χ4n) is 3.98. The molecule has 1 aromatic carbocycles. The van der Waals surface area contributed by atoms with E-state index < -0.39 is 5.60 Å². The average Bonchev–Trinajstić information content (AvgIpc) is 3.20. The number of aldehydes is 1. The van der Waals surface area contributed by atoms with Crippen molar-refractivity contribution in [3.63, 3.8) is 0 Å². The Morgan fingerprint density at radius 1 is 1.24 bits per heavy atom. The second-order valence-electron chi connectivity index (χ2n) is 9.34. The van der Waals surface area contributed by atoms with E-state index in [2.05, 4.69) is 15.3 Å². The summed E-state index contributed by atoms with van der Waals surface area (Å²) >= 11 is 0. The van der Waals surface area contributed by atoms with Crippen molar-refractivity contribution < 1.29 is 23.8 Å². The summed E-state index contributed by atoms with van der Waals surface area (Å²) in [6.07, 6.45) is 4.39. The number of anilines is 1. The first-order chi connectivity index (χ1) is 15.7. The Hall–Kier alpha value is -3.26. The molecular formula is C25H29N3O5. The molecule has 2 N–H and O–H groups in total. The van der Waals surface area contributed by atoms with Crippen LogP contribution in [0.15, 0.2) is 34.7 Å². The zero-order valence-electron chi connectivity index (χ0n) is 19.1. The van der Waals surface area contributed by atoms with Crippen molar-refractivity contribution in [3.05, 3.63) is 47.6 Å². The van der Waals surface area contributed by atoms with Gasteiger partial charge in [-0.15, -0.1) is 0 Å². The number of ether oxygens (including phenoxy) is 1. The van der Waals surface area contributed by atoms with Gasteiger partial charge in [0.2, 0.25) is 0 Å². The van der Waals surface area contributed by atoms with Crippen LogP contribution < -0.4 is 10.1 Å². The van der Waals surface area contributed by atoms with E-state index in [9.17, 15) is 14.7 Å². The number of nitrogens with zero attached hydrogens (tertiary/aromatic N) is 2. The average molecular weight is 452 g/mol. The molecule has 2 aromatic heterocycles. The van der Waals surface area contributed by atoms with Crippen molar-refractivity contribution in [2.75, 3.05) is 11.9 Å². The fraction of sp³-hybridized carbons (Fsp3) is 0.440. The number of oxazole rings is 1. The Balaban J connectivity index is 1.64. The van der Waals surface area contributed by atoms with Crippen molar-refractivity contribution in [1.82, 2.24) is 9.97 Å². The van der Waals surface area contributed by atoms with Gasteiger partial charge in [-0.3, -0.25) is 4.79 Å². The third-order valence-corrected chi connectivity index (χ3v) is 5.77. The highest BCUT2D eigenvalue weighted by molar-refractivity contribution is 6.04. The molecule has 8 nitrogen and oxygen atoms in total. The smallest absolute Gasteiger partial charge is 0.274 e. The molecule has 0 aliphatic heterocycles. The van der Waals surface area contributed by atoms with Crippen LogP contribution in [0.3, 0.4) is 0 Å². The molecular weight excluding hydrogens is 422 g/mol. The molecule has 0 saturated heterocycles. The van der Waals surface area contributed by atoms with Crippen LogP contribution in [-0.2, 0) is 4.79 Å². The molecule has 4 rings (SSSR count). The van der Waals surface area contributed by atoms with E-state index in [1.165, 1.54) is 0 Å². The van der Waals surface area contributed by atoms with Crippen LogP contribution >= 0.6 is 0 Å². The Bertz CT molecular complexity index is 1160. The number of aliphatic hydroxyl groups is 1. The first-order valence-electron chi connectivity index (χ1n) is 11.2. The Kier molecular flexibility index (Phi) is 6.47. The van der Waals surface area contributed by atoms with E-state index in [1.807, 2.05) is 13.0 Å². The normalized spacial score (nSPS) is 18.8. The van der Waals surface area contributed by atoms with E-state index in [4.69, 9.17) is 9.15 Å². The Morgan fingerprint density at radius 2 is 2.00 bits per heavy atom. The van der Waals surface area contributed by atoms with Gasteiger partial charge in [0, 0.05) is 29.7 Å². The Labute approximate surface area is 192 Å². The summed E-state index contributed by atoms with van der Waals surface area (Å²) in [7, 11) is 0. The van der Waals surface area contributed by atoms with Gasteiger partial charge in [-0.25, -0.2) is 9.97 Å². The number of benzene rings is 1. The van der Waals surface area contributed by atoms with Gasteiger partial charge in [0.15, 0.2) is 11.5 Å². The highest BCUT2D eigenvalue weighted by Crippen LogP contribution is 2.38. The third kappa shape index (κ3) is 5.57. The van der Waals surface area contributed by atoms with Crippen molar-refractivity contribution in [1.29, 1.82) is 0 Å². The maximum Gasteiger partial charge on any atom is 0.274 e. The summed E-state index contributed by atoms with van der Waals surface area (Å²) < 4.78 is 11.9. The van der Waals surface area contributed by atoms with Gasteiger partial charge < -0.3 is 24.4 Å². The van der Waals surface area contributed by atoms with Crippen LogP contribution in [0.5, 0.6) is 5.75 Å². The molecule has 33 heavy (non-hydrogen) atoms. The summed E-state index contributed by atoms with van der Waals surface area (Å²) in [5, 5.41) is 13.0. The van der Waals surface area contributed by atoms with Gasteiger partial charge in [-0.05, 0) is 58.6 Å². The van der Waals surface area contributed by atoms with Gasteiger partial charge in [0.05, 0.1) is 11.3 Å². The summed E-state index contributed by atoms with van der Waals surface area (Å²) in [4.78, 5) is 32.8. The minimum atomic E-state index is -1.06. The largest absolute Gasteiger partial charge is 0.488 e. The predicted molar refractivity (Wildman–Crippen MR) is 123 cm³/mol. The number of aromatic nitrogens is 2. The lowest BCUT2D eigenvalue weighted by molar-refractivity contribution is -0.112. The van der Waals surface area contributed by atoms with Crippen LogP contribution in [0.4, 0.5) is 5.69 Å². The minimum Gasteiger partial charge on any atom is -0.488 e. The molecule has 1 fully saturated rings. The van der Waals surface area contributed by atoms with Crippen LogP contribution in [0.1, 0.15) is 67.5 Å². The number of amides is 1. The van der Waals surface area contributed by atoms with E-state index in [-0.39, 0.29) is 30.0 Å². The first-order valence-corrected chi connectivity index (χ1v) is 11.2. The predicted octanol–water partition coefficient (Wildman–Crippen LogP) is 4.41. The van der Waals surface area contributed by atoms with Crippen molar-refractivity contribution in [2.45, 2.75) is 58.0 Å². The molecule has 174 valence electrons. The van der Waals surface area contributed by atoms with Crippen LogP contribution in [0.2, 0.25) is 0 Å². The molecule has 0 unspecified atom stereocenters. The van der Waals surface area contributed by atoms with Gasteiger partial charge in [0.1, 0.15) is 29.9 Å². The van der Waals surface area contributed by atoms with Crippen molar-refractivity contribution in [3.8, 4) is 5.75 Å². The lowest BCUT2D eigenvalue weighted by Crippen LogP contribution is -2.28. The number of fused-ring (bicyclic) bond motifs is 1. The number of aryl methyl sites for hydroxylation is 1. The van der Waals surface area contributed by atoms with Crippen LogP contribution in [-0.4, -0.2) is 39.5 Å². The quantitative estimate of drug-likeness (QED) is 0.512. The highest BCUT2D eigenvalue weighted by atomic mass is 16.5. The summed E-state index contributed by atoms with van der Waals surface area (Å²) in [6.45, 7) is 5.14. The zero-order valence-corrected chi connectivity index (χ0v) is 19.1. The molecule has 1 aliphatic rings. The van der Waals surface area contributed by atoms with Gasteiger partial charge >= 0.3 is 0 Å². The van der Waals surface area contributed by atoms with Crippen LogP contribution in [0, 0.1) is 12.8 Å². The first kappa shape index (κ1) is 22.9. The lowest BCUT2D eigenvalue weighted by atomic mass is 9.83. The number of pyridine rings is 1. The number of carbonyl (C=O) groups is 2. The molecule has 0 bridgehead atoms. The zero-order chi connectivity index (χ0) is 23.6. The van der Waals surface area contributed by atoms with Gasteiger partial charge in [0.25, 0.3) is 5.91 Å². The second-order valence-corrected chi connectivity index (χ2v) is 9.34. The van der Waals surface area contributed by atoms with Gasteiger partial charge in [-0.2, -0.15) is 0 Å². The molecule has 8 heteroatoms. The van der Waals surface area contributed by atoms with E-state index in [1.54, 1.807) is 38.1 Å². The maximum atomic E-state index is 12.8. The SMILES string of the molecule is Cc1cccc(C(=O)Nc2cc3oc([C@H]4CC[C@H](C=O)CC4)nc3cc2OCC(C)(C)O)n1. The van der Waals surface area contributed by atoms with E-state index >= 15 is 0 Å². The maximum absolute atomic E-state index is 12.8. The van der Waals surface area contributed by atoms with E-state index in [0.717, 1.165) is 37.7 Å². The van der Waals surface area contributed by atoms with Crippen molar-refractivity contribution in [2.24, 2.45) is 5.92 Å². The number of carbonyl (C=O) groups excluding carboxylic acids is 2. The van der Waals surface area contributed by atoms with E-state index in [0.29, 0.717) is 28.4 Å². The third-order valence-electron chi connectivity index (χ3n) is 5.77. The number of nitrogens with one attached hydrogen (secondary N) is 1. The molecule has 0 spiro atoms. The molecule has 1 saturated carbocycles. The fourth-order valence-corrected chi connectivity index (χ4v) is 3.98. The summed E-state index contributed by atoms with van der Waals surface area (Å²) in [6, 6.07) is 8.63. The number of rotatable bonds is 7. The van der Waals surface area contributed by atoms with Crippen molar-refractivity contribution >= 4 is 29.0 Å². The molecule has 0 atom stereocenters. The molecule has 1 aliphatic carbocycles. The summed E-state index contributed by atoms with van der Waals surface area (Å²) in [5.41, 5.74) is 1.52. The number of hydrogen-bond donors (Lipinski definition) is 2. The topological polar surface area (TPSA) is 115 Å². The standard InChI is InChI=1S/C25H29N3O5/c1-15-5-4-6-18(26-15)23(30)27-19-12-22-20(11-21(19)32-14-25(2,3)31)28-24(33-22)17-9-7-16(13-29)8-10-17/h4-6,11-13,16-17,31H,7-10,14H2,1-3H3,(H,27,30)/t16-,17-. The number of hydrogen-bond acceptors (Lipinski definition) is 7. The Morgan fingerprint density at radius 3 is 2.67 bits per heavy atom. The monoisotopic (exact) mass is 451 g/mol. The highest BCUT2D eigenvalue weighted by Gasteiger charge is 2.26. The minimum absolute atomic E-state index is 0.0322. The summed E-state index contributed by atoms with van der Waals surface area (Å²) in [5.74, 6) is 0.910. The van der Waals surface area contributed by atoms with Gasteiger partial charge in [-0.1, -0.05) is 6.07 Å². The lowest BCUT2D eigenvalue weighted by Gasteiger charge is -2.22. The molecule has 2 heterocycles. The molecule has 1 amide bonds. The second kappa shape index (κ2) is 9.31. The molecule has 3 aromatic rings. The van der Waals surface area contributed by atoms with Crippen LogP contribution in [0.25, 0.3) is 11.1 Å².